The number of ether oxygens (including phenoxy) is 2. The second-order valence-corrected chi connectivity index (χ2v) is 23.2. The van der Waals surface area contributed by atoms with Crippen LogP contribution in [0.3, 0.4) is 0 Å². The van der Waals surface area contributed by atoms with Gasteiger partial charge in [-0.15, -0.1) is 0 Å². The molecule has 0 aliphatic rings. The molecule has 5 nitrogen and oxygen atoms in total. The van der Waals surface area contributed by atoms with Crippen molar-refractivity contribution in [2.75, 3.05) is 13.2 Å². The zero-order valence-electron chi connectivity index (χ0n) is 52.2. The third kappa shape index (κ3) is 65.9. The van der Waals surface area contributed by atoms with E-state index in [9.17, 15) is 14.7 Å². The van der Waals surface area contributed by atoms with E-state index in [1.807, 2.05) is 0 Å². The normalized spacial score (nSPS) is 12.6. The van der Waals surface area contributed by atoms with Crippen molar-refractivity contribution in [3.8, 4) is 0 Å². The minimum atomic E-state index is -0.777. The third-order valence-corrected chi connectivity index (χ3v) is 15.5. The number of carbonyl (C=O) groups is 2. The average molecular weight is 1090 g/mol. The van der Waals surface area contributed by atoms with Gasteiger partial charge in [0.05, 0.1) is 6.61 Å². The first-order valence-corrected chi connectivity index (χ1v) is 34.5. The van der Waals surface area contributed by atoms with Crippen molar-refractivity contribution in [1.29, 1.82) is 0 Å². The lowest BCUT2D eigenvalue weighted by atomic mass is 10.0. The average Bonchev–Trinajstić information content (AvgIpc) is 3.44. The van der Waals surface area contributed by atoms with Crippen molar-refractivity contribution in [1.82, 2.24) is 0 Å². The van der Waals surface area contributed by atoms with E-state index in [0.29, 0.717) is 12.8 Å². The number of unbranched alkanes of at least 4 members (excludes halogenated alkanes) is 44. The lowest BCUT2D eigenvalue weighted by molar-refractivity contribution is -0.161. The van der Waals surface area contributed by atoms with Crippen molar-refractivity contribution in [3.63, 3.8) is 0 Å². The molecular weight excluding hydrogens is 957 g/mol. The van der Waals surface area contributed by atoms with Crippen LogP contribution < -0.4 is 0 Å². The molecule has 0 aliphatic heterocycles. The predicted molar refractivity (Wildman–Crippen MR) is 343 cm³/mol. The molecule has 0 aromatic heterocycles. The van der Waals surface area contributed by atoms with Crippen LogP contribution in [0.5, 0.6) is 0 Å². The molecule has 0 saturated heterocycles. The van der Waals surface area contributed by atoms with E-state index < -0.39 is 6.10 Å². The van der Waals surface area contributed by atoms with Crippen LogP contribution in [0.15, 0.2) is 72.9 Å². The van der Waals surface area contributed by atoms with E-state index in [0.717, 1.165) is 70.6 Å². The third-order valence-electron chi connectivity index (χ3n) is 15.5. The zero-order chi connectivity index (χ0) is 56.2. The molecule has 0 radical (unpaired) electrons. The van der Waals surface area contributed by atoms with Gasteiger partial charge in [-0.1, -0.05) is 337 Å². The van der Waals surface area contributed by atoms with E-state index in [1.54, 1.807) is 0 Å². The number of hydrogen-bond acceptors (Lipinski definition) is 5. The first-order valence-electron chi connectivity index (χ1n) is 34.5. The lowest BCUT2D eigenvalue weighted by Gasteiger charge is -2.15. The molecule has 0 aromatic rings. The van der Waals surface area contributed by atoms with E-state index in [4.69, 9.17) is 9.47 Å². The molecule has 0 rings (SSSR count). The molecular formula is C73H132O5. The monoisotopic (exact) mass is 1090 g/mol. The summed E-state index contributed by atoms with van der Waals surface area (Å²) in [4.78, 5) is 24.6. The fourth-order valence-corrected chi connectivity index (χ4v) is 10.3. The van der Waals surface area contributed by atoms with Crippen molar-refractivity contribution in [2.45, 2.75) is 367 Å². The fraction of sp³-hybridized carbons (Fsp3) is 0.808. The Morgan fingerprint density at radius 3 is 0.846 bits per heavy atom. The second-order valence-electron chi connectivity index (χ2n) is 23.2. The highest BCUT2D eigenvalue weighted by molar-refractivity contribution is 5.70. The molecule has 0 spiro atoms. The van der Waals surface area contributed by atoms with Crippen LogP contribution in [0.2, 0.25) is 0 Å². The SMILES string of the molecule is CC/C=C\C/C=C\C/C=C\C/C=C\C/C=C\CCCCCCCCCCCCCC(=O)OC(CO)COC(=O)CCCCCCCCCCCCCCCCCCCCCCCCCCC/C=C\CCCCCCCCCC. The van der Waals surface area contributed by atoms with Gasteiger partial charge in [-0.3, -0.25) is 9.59 Å². The highest BCUT2D eigenvalue weighted by Gasteiger charge is 2.16. The first kappa shape index (κ1) is 75.3. The molecule has 0 fully saturated rings. The van der Waals surface area contributed by atoms with E-state index in [-0.39, 0.29) is 25.2 Å². The van der Waals surface area contributed by atoms with Gasteiger partial charge in [-0.2, -0.15) is 0 Å². The van der Waals surface area contributed by atoms with Gasteiger partial charge in [-0.05, 0) is 83.5 Å². The van der Waals surface area contributed by atoms with Gasteiger partial charge in [0, 0.05) is 12.8 Å². The van der Waals surface area contributed by atoms with Gasteiger partial charge in [0.15, 0.2) is 6.10 Å². The molecule has 0 amide bonds. The minimum absolute atomic E-state index is 0.0654. The van der Waals surface area contributed by atoms with Crippen LogP contribution >= 0.6 is 0 Å². The minimum Gasteiger partial charge on any atom is -0.462 e. The Morgan fingerprint density at radius 1 is 0.308 bits per heavy atom. The highest BCUT2D eigenvalue weighted by atomic mass is 16.6. The largest absolute Gasteiger partial charge is 0.462 e. The fourth-order valence-electron chi connectivity index (χ4n) is 10.3. The second kappa shape index (κ2) is 68.6. The maximum Gasteiger partial charge on any atom is 0.306 e. The quantitative estimate of drug-likeness (QED) is 0.0373. The smallest absolute Gasteiger partial charge is 0.306 e. The molecule has 0 bridgehead atoms. The number of rotatable bonds is 64. The van der Waals surface area contributed by atoms with Crippen LogP contribution in [-0.2, 0) is 19.1 Å². The van der Waals surface area contributed by atoms with Gasteiger partial charge < -0.3 is 14.6 Å². The Kier molecular flexibility index (Phi) is 66.3. The van der Waals surface area contributed by atoms with Crippen LogP contribution in [0, 0.1) is 0 Å². The summed E-state index contributed by atoms with van der Waals surface area (Å²) in [5, 5.41) is 9.69. The Labute approximate surface area is 486 Å². The van der Waals surface area contributed by atoms with Gasteiger partial charge in [0.2, 0.25) is 0 Å². The summed E-state index contributed by atoms with van der Waals surface area (Å²) < 4.78 is 10.8. The molecule has 1 atom stereocenters. The summed E-state index contributed by atoms with van der Waals surface area (Å²) >= 11 is 0. The highest BCUT2D eigenvalue weighted by Crippen LogP contribution is 2.18. The molecule has 0 aromatic carbocycles. The van der Waals surface area contributed by atoms with Gasteiger partial charge in [-0.25, -0.2) is 0 Å². The molecule has 0 saturated carbocycles. The number of hydrogen-bond donors (Lipinski definition) is 1. The number of aliphatic hydroxyl groups is 1. The Bertz CT molecular complexity index is 1370. The zero-order valence-corrected chi connectivity index (χ0v) is 52.2. The standard InChI is InChI=1S/C73H132O5/c1-3-5-7-9-11-13-15-17-19-21-23-25-27-29-31-32-33-34-35-36-37-38-39-40-42-43-45-47-49-51-53-55-57-59-61-63-65-67-72(75)77-70-71(69-74)78-73(76)68-66-64-62-60-58-56-54-52-50-48-46-44-41-30-28-26-24-22-20-18-16-14-12-10-8-6-4-2/h6,8,12,14,18,20-21,23-24,26,30,41,71,74H,3-5,7,9-11,13,15-17,19,22,25,27-29,31-40,42-70H2,1-2H3/b8-6-,14-12-,20-18-,23-21-,26-24-,41-30-. The molecule has 5 heteroatoms. The van der Waals surface area contributed by atoms with Crippen LogP contribution in [0.4, 0.5) is 0 Å². The van der Waals surface area contributed by atoms with Crippen LogP contribution in [-0.4, -0.2) is 36.4 Å². The van der Waals surface area contributed by atoms with Crippen molar-refractivity contribution >= 4 is 11.9 Å². The summed E-state index contributed by atoms with van der Waals surface area (Å²) in [5.74, 6) is -0.579. The van der Waals surface area contributed by atoms with Crippen molar-refractivity contribution < 1.29 is 24.2 Å². The van der Waals surface area contributed by atoms with Gasteiger partial charge >= 0.3 is 11.9 Å². The predicted octanol–water partition coefficient (Wildman–Crippen LogP) is 23.9. The van der Waals surface area contributed by atoms with Crippen molar-refractivity contribution in [3.05, 3.63) is 72.9 Å². The molecule has 78 heavy (non-hydrogen) atoms. The van der Waals surface area contributed by atoms with E-state index >= 15 is 0 Å². The lowest BCUT2D eigenvalue weighted by Crippen LogP contribution is -2.28. The summed E-state index contributed by atoms with van der Waals surface area (Å²) in [6.07, 6.45) is 95.1. The van der Waals surface area contributed by atoms with Gasteiger partial charge in [0.1, 0.15) is 6.61 Å². The molecule has 1 unspecified atom stereocenters. The maximum atomic E-state index is 12.3. The summed E-state index contributed by atoms with van der Waals surface area (Å²) in [7, 11) is 0. The van der Waals surface area contributed by atoms with Crippen LogP contribution in [0.25, 0.3) is 0 Å². The molecule has 0 heterocycles. The van der Waals surface area contributed by atoms with Gasteiger partial charge in [0.25, 0.3) is 0 Å². The first-order chi connectivity index (χ1) is 38.6. The summed E-state index contributed by atoms with van der Waals surface area (Å²) in [6, 6.07) is 0. The number of esters is 2. The molecule has 454 valence electrons. The summed E-state index contributed by atoms with van der Waals surface area (Å²) in [6.45, 7) is 4.07. The number of carbonyl (C=O) groups excluding carboxylic acids is 2. The topological polar surface area (TPSA) is 72.8 Å². The summed E-state index contributed by atoms with van der Waals surface area (Å²) in [5.41, 5.74) is 0. The number of aliphatic hydroxyl groups excluding tert-OH is 1. The molecule has 1 N–H and O–H groups in total. The maximum absolute atomic E-state index is 12.3. The Balaban J connectivity index is 3.41. The van der Waals surface area contributed by atoms with Crippen LogP contribution in [0.1, 0.15) is 361 Å². The van der Waals surface area contributed by atoms with Crippen molar-refractivity contribution in [2.24, 2.45) is 0 Å². The molecule has 0 aliphatic carbocycles. The Morgan fingerprint density at radius 2 is 0.551 bits per heavy atom. The van der Waals surface area contributed by atoms with E-state index in [1.165, 1.54) is 263 Å². The number of allylic oxidation sites excluding steroid dienone is 12. The van der Waals surface area contributed by atoms with E-state index in [2.05, 4.69) is 86.8 Å². The Hall–Kier alpha value is -2.66.